The molecule has 1 saturated heterocycles. The van der Waals surface area contributed by atoms with E-state index in [4.69, 9.17) is 15.2 Å². The van der Waals surface area contributed by atoms with Crippen LogP contribution in [0, 0.1) is 5.82 Å². The van der Waals surface area contributed by atoms with Crippen molar-refractivity contribution in [3.63, 3.8) is 0 Å². The van der Waals surface area contributed by atoms with Crippen molar-refractivity contribution in [1.82, 2.24) is 5.32 Å². The highest BCUT2D eigenvalue weighted by Gasteiger charge is 2.42. The van der Waals surface area contributed by atoms with Gasteiger partial charge in [0.05, 0.1) is 11.4 Å². The van der Waals surface area contributed by atoms with E-state index in [0.717, 1.165) is 12.1 Å². The first kappa shape index (κ1) is 24.5. The molecule has 0 aliphatic carbocycles. The largest absolute Gasteiger partial charge is 0.454 e. The Labute approximate surface area is 189 Å². The van der Waals surface area contributed by atoms with E-state index in [1.165, 1.54) is 29.2 Å². The molecule has 0 unspecified atom stereocenters. The van der Waals surface area contributed by atoms with Gasteiger partial charge in [-0.05, 0) is 57.9 Å². The lowest BCUT2D eigenvalue weighted by Crippen LogP contribution is -2.43. The van der Waals surface area contributed by atoms with E-state index in [1.807, 2.05) is 0 Å². The number of hydrogen-bond donors (Lipinski definition) is 2. The molecule has 1 fully saturated rings. The van der Waals surface area contributed by atoms with Gasteiger partial charge >= 0.3 is 12.3 Å². The highest BCUT2D eigenvalue weighted by Crippen LogP contribution is 2.48. The second-order valence-electron chi connectivity index (χ2n) is 8.78. The number of ether oxygens (including phenoxy) is 2. The van der Waals surface area contributed by atoms with Crippen molar-refractivity contribution in [2.45, 2.75) is 51.4 Å². The molecule has 1 aliphatic rings. The first-order valence-corrected chi connectivity index (χ1v) is 10.5. The number of para-hydroxylation sites is 1. The van der Waals surface area contributed by atoms with E-state index in [2.05, 4.69) is 5.32 Å². The van der Waals surface area contributed by atoms with Gasteiger partial charge in [0.1, 0.15) is 16.9 Å². The number of alkyl halides is 3. The van der Waals surface area contributed by atoms with E-state index < -0.39 is 41.0 Å². The minimum absolute atomic E-state index is 0.0735. The third-order valence-corrected chi connectivity index (χ3v) is 5.06. The molecule has 6 nitrogen and oxygen atoms in total. The number of nitrogens with two attached hydrogens (primary N) is 1. The number of hydrogen-bond acceptors (Lipinski definition) is 5. The number of carbonyl (C=O) groups is 1. The van der Waals surface area contributed by atoms with Crippen LogP contribution >= 0.6 is 0 Å². The Morgan fingerprint density at radius 3 is 2.48 bits per heavy atom. The molecule has 1 amide bonds. The third kappa shape index (κ3) is 6.00. The fourth-order valence-electron chi connectivity index (χ4n) is 3.76. The first-order valence-electron chi connectivity index (χ1n) is 10.5. The van der Waals surface area contributed by atoms with Crippen LogP contribution in [-0.2, 0) is 10.9 Å². The van der Waals surface area contributed by atoms with Crippen LogP contribution in [0.2, 0.25) is 0 Å². The van der Waals surface area contributed by atoms with Crippen LogP contribution in [0.15, 0.2) is 36.4 Å². The molecular weight excluding hydrogens is 442 g/mol. The molecule has 33 heavy (non-hydrogen) atoms. The number of carbonyl (C=O) groups excluding carboxylic acids is 1. The van der Waals surface area contributed by atoms with E-state index in [-0.39, 0.29) is 23.7 Å². The second-order valence-corrected chi connectivity index (χ2v) is 8.78. The maximum Gasteiger partial charge on any atom is 0.422 e. The number of alkyl carbamates (subject to hydrolysis) is 1. The van der Waals surface area contributed by atoms with Gasteiger partial charge < -0.3 is 25.4 Å². The summed E-state index contributed by atoms with van der Waals surface area (Å²) in [5, 5.41) is 2.61. The molecule has 10 heteroatoms. The fourth-order valence-corrected chi connectivity index (χ4v) is 3.76. The summed E-state index contributed by atoms with van der Waals surface area (Å²) in [6.07, 6.45) is -4.33. The number of benzene rings is 2. The first-order chi connectivity index (χ1) is 15.4. The molecule has 2 aromatic carbocycles. The number of nitrogen functional groups attached to an aromatic ring is 1. The molecule has 0 bridgehead atoms. The van der Waals surface area contributed by atoms with Gasteiger partial charge in [0, 0.05) is 19.1 Å². The Balaban J connectivity index is 1.94. The maximum absolute atomic E-state index is 14.2. The molecule has 180 valence electrons. The Hall–Kier alpha value is -3.17. The summed E-state index contributed by atoms with van der Waals surface area (Å²) in [5.74, 6) is -1.67. The highest BCUT2D eigenvalue weighted by molar-refractivity contribution is 5.77. The summed E-state index contributed by atoms with van der Waals surface area (Å²) in [4.78, 5) is 13.5. The molecule has 1 atom stereocenters. The van der Waals surface area contributed by atoms with Crippen molar-refractivity contribution < 1.29 is 31.8 Å². The lowest BCUT2D eigenvalue weighted by molar-refractivity contribution is -0.138. The summed E-state index contributed by atoms with van der Waals surface area (Å²) in [6, 6.07) is 7.16. The molecule has 0 saturated carbocycles. The lowest BCUT2D eigenvalue weighted by atomic mass is 10.1. The van der Waals surface area contributed by atoms with Crippen molar-refractivity contribution >= 4 is 17.5 Å². The summed E-state index contributed by atoms with van der Waals surface area (Å²) in [7, 11) is 0. The van der Waals surface area contributed by atoms with Crippen molar-refractivity contribution in [2.24, 2.45) is 0 Å². The molecule has 0 radical (unpaired) electrons. The summed E-state index contributed by atoms with van der Waals surface area (Å²) in [6.45, 7) is 5.52. The molecule has 1 heterocycles. The van der Waals surface area contributed by atoms with Crippen molar-refractivity contribution in [3.8, 4) is 11.5 Å². The topological polar surface area (TPSA) is 76.8 Å². The zero-order chi connectivity index (χ0) is 24.4. The minimum atomic E-state index is -4.82. The third-order valence-electron chi connectivity index (χ3n) is 5.06. The van der Waals surface area contributed by atoms with E-state index in [0.29, 0.717) is 19.4 Å². The van der Waals surface area contributed by atoms with Gasteiger partial charge in [0.25, 0.3) is 0 Å². The van der Waals surface area contributed by atoms with E-state index >= 15 is 0 Å². The smallest absolute Gasteiger partial charge is 0.422 e. The number of nitrogens with zero attached hydrogens (tertiary/aromatic N) is 1. The zero-order valence-corrected chi connectivity index (χ0v) is 18.6. The molecular formula is C23H27F4N3O3. The number of anilines is 2. The Kier molecular flexibility index (Phi) is 6.94. The second kappa shape index (κ2) is 9.36. The summed E-state index contributed by atoms with van der Waals surface area (Å²) in [5.41, 5.74) is 3.88. The molecule has 1 aliphatic heterocycles. The van der Waals surface area contributed by atoms with Gasteiger partial charge in [-0.25, -0.2) is 9.18 Å². The monoisotopic (exact) mass is 469 g/mol. The van der Waals surface area contributed by atoms with Crippen LogP contribution in [0.4, 0.5) is 33.7 Å². The Morgan fingerprint density at radius 2 is 1.85 bits per heavy atom. The number of nitrogens with one attached hydrogen (secondary N) is 1. The standard InChI is InChI=1S/C23H27F4N3O3/c1-22(2,3)33-21(31)29-13-14-7-6-12-30(14)20-16(28)10-11-18(19(20)23(25,26)27)32-17-9-5-4-8-15(17)24/h4-5,8-11,14H,6-7,12-13,28H2,1-3H3,(H,29,31)/t14-/m1/s1. The average Bonchev–Trinajstić information content (AvgIpc) is 3.15. The van der Waals surface area contributed by atoms with Crippen LogP contribution in [0.1, 0.15) is 39.2 Å². The molecule has 0 aromatic heterocycles. The van der Waals surface area contributed by atoms with Crippen LogP contribution in [0.3, 0.4) is 0 Å². The molecule has 2 aromatic rings. The quantitative estimate of drug-likeness (QED) is 0.433. The van der Waals surface area contributed by atoms with Gasteiger partial charge in [0.15, 0.2) is 11.6 Å². The van der Waals surface area contributed by atoms with Crippen molar-refractivity contribution in [3.05, 3.63) is 47.8 Å². The van der Waals surface area contributed by atoms with Crippen molar-refractivity contribution in [1.29, 1.82) is 0 Å². The fraction of sp³-hybridized carbons (Fsp3) is 0.435. The van der Waals surface area contributed by atoms with E-state index in [9.17, 15) is 22.4 Å². The number of rotatable bonds is 5. The molecule has 3 N–H and O–H groups in total. The van der Waals surface area contributed by atoms with Gasteiger partial charge in [0.2, 0.25) is 0 Å². The Bertz CT molecular complexity index is 1010. The van der Waals surface area contributed by atoms with E-state index in [1.54, 1.807) is 20.8 Å². The molecule has 0 spiro atoms. The van der Waals surface area contributed by atoms with Crippen LogP contribution in [-0.4, -0.2) is 30.8 Å². The van der Waals surface area contributed by atoms with Crippen molar-refractivity contribution in [2.75, 3.05) is 23.7 Å². The number of amides is 1. The van der Waals surface area contributed by atoms with Crippen LogP contribution in [0.5, 0.6) is 11.5 Å². The van der Waals surface area contributed by atoms with Crippen LogP contribution < -0.4 is 20.7 Å². The molecule has 3 rings (SSSR count). The van der Waals surface area contributed by atoms with Crippen LogP contribution in [0.25, 0.3) is 0 Å². The number of halogens is 4. The summed E-state index contributed by atoms with van der Waals surface area (Å²) < 4.78 is 67.3. The average molecular weight is 469 g/mol. The highest BCUT2D eigenvalue weighted by atomic mass is 19.4. The zero-order valence-electron chi connectivity index (χ0n) is 18.6. The predicted molar refractivity (Wildman–Crippen MR) is 117 cm³/mol. The SMILES string of the molecule is CC(C)(C)OC(=O)NC[C@H]1CCCN1c1c(N)ccc(Oc2ccccc2F)c1C(F)(F)F. The normalized spacial score (nSPS) is 16.6. The van der Waals surface area contributed by atoms with Gasteiger partial charge in [-0.2, -0.15) is 13.2 Å². The van der Waals surface area contributed by atoms with Gasteiger partial charge in [-0.15, -0.1) is 0 Å². The Morgan fingerprint density at radius 1 is 1.15 bits per heavy atom. The van der Waals surface area contributed by atoms with Gasteiger partial charge in [-0.1, -0.05) is 12.1 Å². The maximum atomic E-state index is 14.2. The lowest BCUT2D eigenvalue weighted by Gasteiger charge is -2.32. The minimum Gasteiger partial charge on any atom is -0.454 e. The van der Waals surface area contributed by atoms with Gasteiger partial charge in [-0.3, -0.25) is 0 Å². The summed E-state index contributed by atoms with van der Waals surface area (Å²) >= 11 is 0. The predicted octanol–water partition coefficient (Wildman–Crippen LogP) is 5.71.